The van der Waals surface area contributed by atoms with Gasteiger partial charge in [-0.25, -0.2) is 4.79 Å². The second-order valence-electron chi connectivity index (χ2n) is 4.73. The summed E-state index contributed by atoms with van der Waals surface area (Å²) in [6.45, 7) is 1.85. The van der Waals surface area contributed by atoms with E-state index in [-0.39, 0.29) is 5.69 Å². The summed E-state index contributed by atoms with van der Waals surface area (Å²) in [7, 11) is 1.84. The molecule has 0 aliphatic carbocycles. The monoisotopic (exact) mass is 231 g/mol. The fourth-order valence-electron chi connectivity index (χ4n) is 2.67. The van der Waals surface area contributed by atoms with Gasteiger partial charge in [0.1, 0.15) is 0 Å². The molecule has 90 valence electrons. The second kappa shape index (κ2) is 4.04. The van der Waals surface area contributed by atoms with Crippen LogP contribution in [-0.2, 0) is 13.6 Å². The molecule has 1 atom stereocenters. The van der Waals surface area contributed by atoms with Crippen molar-refractivity contribution in [1.29, 1.82) is 0 Å². The molecule has 2 heterocycles. The largest absolute Gasteiger partial charge is 0.328 e. The minimum absolute atomic E-state index is 0.0832. The molecule has 1 aliphatic rings. The summed E-state index contributed by atoms with van der Waals surface area (Å²) >= 11 is 0. The Morgan fingerprint density at radius 3 is 2.82 bits per heavy atom. The first kappa shape index (κ1) is 10.6. The van der Waals surface area contributed by atoms with Crippen molar-refractivity contribution >= 4 is 11.0 Å². The first-order chi connectivity index (χ1) is 8.27. The van der Waals surface area contributed by atoms with Crippen LogP contribution in [0.2, 0.25) is 0 Å². The lowest BCUT2D eigenvalue weighted by Gasteiger charge is -2.10. The number of fused-ring (bicyclic) bond motifs is 1. The van der Waals surface area contributed by atoms with Gasteiger partial charge in [-0.15, -0.1) is 0 Å². The summed E-state index contributed by atoms with van der Waals surface area (Å²) in [6.07, 6.45) is 2.37. The van der Waals surface area contributed by atoms with E-state index in [4.69, 9.17) is 0 Å². The Hall–Kier alpha value is -1.55. The number of rotatable bonds is 2. The van der Waals surface area contributed by atoms with Gasteiger partial charge in [0.2, 0.25) is 0 Å². The molecule has 1 unspecified atom stereocenters. The molecular weight excluding hydrogens is 214 g/mol. The van der Waals surface area contributed by atoms with E-state index in [1.54, 1.807) is 4.57 Å². The zero-order chi connectivity index (χ0) is 11.8. The van der Waals surface area contributed by atoms with Gasteiger partial charge in [-0.1, -0.05) is 12.1 Å². The molecule has 3 rings (SSSR count). The van der Waals surface area contributed by atoms with Crippen molar-refractivity contribution in [3.63, 3.8) is 0 Å². The number of hydrogen-bond acceptors (Lipinski definition) is 2. The normalized spacial score (nSPS) is 20.2. The van der Waals surface area contributed by atoms with Gasteiger partial charge in [0.25, 0.3) is 0 Å². The van der Waals surface area contributed by atoms with Gasteiger partial charge < -0.3 is 5.32 Å². The van der Waals surface area contributed by atoms with Crippen molar-refractivity contribution in [2.45, 2.75) is 25.4 Å². The van der Waals surface area contributed by atoms with Crippen LogP contribution >= 0.6 is 0 Å². The highest BCUT2D eigenvalue weighted by Crippen LogP contribution is 2.14. The van der Waals surface area contributed by atoms with E-state index in [0.717, 1.165) is 30.5 Å². The highest BCUT2D eigenvalue weighted by Gasteiger charge is 2.18. The Labute approximate surface area is 99.9 Å². The van der Waals surface area contributed by atoms with E-state index >= 15 is 0 Å². The van der Waals surface area contributed by atoms with Gasteiger partial charge in [0, 0.05) is 19.6 Å². The number of imidazole rings is 1. The van der Waals surface area contributed by atoms with E-state index in [1.165, 1.54) is 6.42 Å². The predicted octanol–water partition coefficient (Wildman–Crippen LogP) is 1.09. The fourth-order valence-corrected chi connectivity index (χ4v) is 2.67. The second-order valence-corrected chi connectivity index (χ2v) is 4.73. The van der Waals surface area contributed by atoms with E-state index in [2.05, 4.69) is 5.32 Å². The number of hydrogen-bond donors (Lipinski definition) is 1. The van der Waals surface area contributed by atoms with E-state index < -0.39 is 0 Å². The smallest absolute Gasteiger partial charge is 0.312 e. The van der Waals surface area contributed by atoms with Gasteiger partial charge in [0.15, 0.2) is 0 Å². The van der Waals surface area contributed by atoms with E-state index in [9.17, 15) is 4.79 Å². The van der Waals surface area contributed by atoms with Gasteiger partial charge in [-0.3, -0.25) is 9.13 Å². The molecule has 1 aromatic carbocycles. The third-order valence-electron chi connectivity index (χ3n) is 3.62. The number of aryl methyl sites for hydroxylation is 1. The molecule has 1 saturated heterocycles. The summed E-state index contributed by atoms with van der Waals surface area (Å²) in [5.74, 6) is 0. The number of benzene rings is 1. The first-order valence-electron chi connectivity index (χ1n) is 6.15. The standard InChI is InChI=1S/C13H17N3O/c1-15-11-6-2-3-7-12(11)16(13(15)17)9-10-5-4-8-14-10/h2-3,6-7,10,14H,4-5,8-9H2,1H3. The van der Waals surface area contributed by atoms with Crippen molar-refractivity contribution in [3.8, 4) is 0 Å². The fraction of sp³-hybridized carbons (Fsp3) is 0.462. The number of nitrogens with one attached hydrogen (secondary N) is 1. The van der Waals surface area contributed by atoms with Gasteiger partial charge in [-0.05, 0) is 31.5 Å². The van der Waals surface area contributed by atoms with E-state index in [1.807, 2.05) is 35.9 Å². The summed E-state index contributed by atoms with van der Waals surface area (Å²) in [5.41, 5.74) is 2.13. The van der Waals surface area contributed by atoms with Crippen LogP contribution < -0.4 is 11.0 Å². The molecule has 0 radical (unpaired) electrons. The van der Waals surface area contributed by atoms with Crippen LogP contribution in [0.3, 0.4) is 0 Å². The third-order valence-corrected chi connectivity index (χ3v) is 3.62. The number of aromatic nitrogens is 2. The van der Waals surface area contributed by atoms with Crippen molar-refractivity contribution in [3.05, 3.63) is 34.7 Å². The lowest BCUT2D eigenvalue weighted by atomic mass is 10.2. The molecule has 0 spiro atoms. The Morgan fingerprint density at radius 2 is 2.12 bits per heavy atom. The Bertz CT molecular complexity index is 590. The van der Waals surface area contributed by atoms with Gasteiger partial charge in [-0.2, -0.15) is 0 Å². The molecule has 1 N–H and O–H groups in total. The Kier molecular flexibility index (Phi) is 2.52. The number of para-hydroxylation sites is 2. The molecule has 1 aromatic heterocycles. The van der Waals surface area contributed by atoms with Crippen molar-refractivity contribution in [2.75, 3.05) is 6.54 Å². The third kappa shape index (κ3) is 1.69. The molecule has 1 aliphatic heterocycles. The van der Waals surface area contributed by atoms with Crippen LogP contribution in [0.25, 0.3) is 11.0 Å². The van der Waals surface area contributed by atoms with Crippen LogP contribution in [0.4, 0.5) is 0 Å². The molecular formula is C13H17N3O. The molecule has 2 aromatic rings. The Morgan fingerprint density at radius 1 is 1.35 bits per heavy atom. The summed E-state index contributed by atoms with van der Waals surface area (Å²) in [4.78, 5) is 12.2. The zero-order valence-electron chi connectivity index (χ0n) is 10.0. The van der Waals surface area contributed by atoms with Crippen LogP contribution in [0.5, 0.6) is 0 Å². The minimum Gasteiger partial charge on any atom is -0.312 e. The highest BCUT2D eigenvalue weighted by atomic mass is 16.1. The maximum absolute atomic E-state index is 12.2. The van der Waals surface area contributed by atoms with Crippen molar-refractivity contribution < 1.29 is 0 Å². The maximum atomic E-state index is 12.2. The zero-order valence-corrected chi connectivity index (χ0v) is 10.0. The number of nitrogens with zero attached hydrogens (tertiary/aromatic N) is 2. The Balaban J connectivity index is 2.08. The average Bonchev–Trinajstić information content (AvgIpc) is 2.94. The van der Waals surface area contributed by atoms with E-state index in [0.29, 0.717) is 6.04 Å². The SMILES string of the molecule is Cn1c(=O)n(CC2CCCN2)c2ccccc21. The molecule has 0 amide bonds. The summed E-state index contributed by atoms with van der Waals surface area (Å²) in [6, 6.07) is 8.42. The van der Waals surface area contributed by atoms with Crippen LogP contribution in [0.15, 0.2) is 29.1 Å². The lowest BCUT2D eigenvalue weighted by molar-refractivity contribution is 0.504. The average molecular weight is 231 g/mol. The van der Waals surface area contributed by atoms with Crippen LogP contribution in [0.1, 0.15) is 12.8 Å². The molecule has 0 bridgehead atoms. The maximum Gasteiger partial charge on any atom is 0.328 e. The highest BCUT2D eigenvalue weighted by molar-refractivity contribution is 5.75. The predicted molar refractivity (Wildman–Crippen MR) is 68.2 cm³/mol. The van der Waals surface area contributed by atoms with Crippen molar-refractivity contribution in [2.24, 2.45) is 7.05 Å². The van der Waals surface area contributed by atoms with Crippen LogP contribution in [0, 0.1) is 0 Å². The van der Waals surface area contributed by atoms with Crippen LogP contribution in [-0.4, -0.2) is 21.7 Å². The lowest BCUT2D eigenvalue weighted by Crippen LogP contribution is -2.32. The molecule has 4 nitrogen and oxygen atoms in total. The molecule has 0 saturated carbocycles. The quantitative estimate of drug-likeness (QED) is 0.840. The molecule has 4 heteroatoms. The topological polar surface area (TPSA) is 39.0 Å². The molecule has 1 fully saturated rings. The summed E-state index contributed by atoms with van der Waals surface area (Å²) < 4.78 is 3.61. The minimum atomic E-state index is 0.0832. The summed E-state index contributed by atoms with van der Waals surface area (Å²) in [5, 5.41) is 3.44. The van der Waals surface area contributed by atoms with Crippen molar-refractivity contribution in [1.82, 2.24) is 14.5 Å². The molecule has 17 heavy (non-hydrogen) atoms. The van der Waals surface area contributed by atoms with Gasteiger partial charge in [0.05, 0.1) is 11.0 Å². The van der Waals surface area contributed by atoms with Gasteiger partial charge >= 0.3 is 5.69 Å². The first-order valence-corrected chi connectivity index (χ1v) is 6.15.